The highest BCUT2D eigenvalue weighted by Gasteiger charge is 2.24. The molecule has 1 aliphatic carbocycles. The monoisotopic (exact) mass is 512 g/mol. The highest BCUT2D eigenvalue weighted by Crippen LogP contribution is 2.33. The highest BCUT2D eigenvalue weighted by molar-refractivity contribution is 6.01. The van der Waals surface area contributed by atoms with Gasteiger partial charge >= 0.3 is 0 Å². The van der Waals surface area contributed by atoms with Crippen molar-refractivity contribution in [3.63, 3.8) is 0 Å². The van der Waals surface area contributed by atoms with E-state index in [1.54, 1.807) is 38.6 Å². The van der Waals surface area contributed by atoms with Crippen LogP contribution in [0.25, 0.3) is 22.2 Å². The van der Waals surface area contributed by atoms with Gasteiger partial charge in [-0.15, -0.1) is 0 Å². The van der Waals surface area contributed by atoms with E-state index in [4.69, 9.17) is 4.74 Å². The standard InChI is InChI=1S/C29H32N6O3/c1-17(2)38-22-11-18(14-31-26-23(6-5-9-30-26)29(37)35(3)4)10-19(12-22)25-16-33-27-24(25)13-20(15-32-27)28(36)34-21-7-8-21/h5-6,9-13,15-17,21H,7-8,14H2,1-4H3,(H,30,31)(H,32,33)(H,34,36). The molecule has 0 spiro atoms. The number of nitrogens with one attached hydrogen (secondary N) is 3. The number of pyridine rings is 2. The van der Waals surface area contributed by atoms with Crippen molar-refractivity contribution < 1.29 is 14.3 Å². The summed E-state index contributed by atoms with van der Waals surface area (Å²) in [6, 6.07) is 11.7. The Labute approximate surface area is 221 Å². The first-order valence-corrected chi connectivity index (χ1v) is 12.8. The minimum atomic E-state index is -0.119. The summed E-state index contributed by atoms with van der Waals surface area (Å²) in [6.07, 6.45) is 7.22. The Kier molecular flexibility index (Phi) is 7.00. The van der Waals surface area contributed by atoms with Gasteiger partial charge in [0.05, 0.1) is 17.2 Å². The molecule has 0 aliphatic heterocycles. The minimum Gasteiger partial charge on any atom is -0.491 e. The highest BCUT2D eigenvalue weighted by atomic mass is 16.5. The summed E-state index contributed by atoms with van der Waals surface area (Å²) >= 11 is 0. The number of H-pyrrole nitrogens is 1. The van der Waals surface area contributed by atoms with E-state index < -0.39 is 0 Å². The largest absolute Gasteiger partial charge is 0.491 e. The summed E-state index contributed by atoms with van der Waals surface area (Å²) < 4.78 is 6.07. The second-order valence-electron chi connectivity index (χ2n) is 10.1. The number of anilines is 1. The van der Waals surface area contributed by atoms with Crippen LogP contribution in [0.4, 0.5) is 5.82 Å². The number of carbonyl (C=O) groups is 2. The van der Waals surface area contributed by atoms with Gasteiger partial charge in [-0.3, -0.25) is 9.59 Å². The Morgan fingerprint density at radius 3 is 2.71 bits per heavy atom. The van der Waals surface area contributed by atoms with Crippen LogP contribution in [0.1, 0.15) is 53.0 Å². The number of aromatic nitrogens is 3. The first kappa shape index (κ1) is 25.3. The summed E-state index contributed by atoms with van der Waals surface area (Å²) in [7, 11) is 3.43. The van der Waals surface area contributed by atoms with Crippen molar-refractivity contribution in [2.75, 3.05) is 19.4 Å². The smallest absolute Gasteiger partial charge is 0.257 e. The predicted octanol–water partition coefficient (Wildman–Crippen LogP) is 4.62. The van der Waals surface area contributed by atoms with Crippen molar-refractivity contribution >= 4 is 28.7 Å². The molecule has 4 aromatic rings. The summed E-state index contributed by atoms with van der Waals surface area (Å²) in [5, 5.41) is 7.20. The quantitative estimate of drug-likeness (QED) is 0.302. The van der Waals surface area contributed by atoms with Crippen LogP contribution < -0.4 is 15.4 Å². The zero-order chi connectivity index (χ0) is 26.8. The van der Waals surface area contributed by atoms with Crippen molar-refractivity contribution in [1.29, 1.82) is 0 Å². The molecule has 1 saturated carbocycles. The summed E-state index contributed by atoms with van der Waals surface area (Å²) in [5.41, 5.74) is 4.56. The molecule has 3 heterocycles. The molecule has 0 saturated heterocycles. The number of benzene rings is 1. The Balaban J connectivity index is 1.47. The number of aromatic amines is 1. The van der Waals surface area contributed by atoms with Gasteiger partial charge in [-0.2, -0.15) is 0 Å². The molecular formula is C29H32N6O3. The van der Waals surface area contributed by atoms with E-state index in [1.807, 2.05) is 38.2 Å². The van der Waals surface area contributed by atoms with E-state index in [2.05, 4.69) is 31.7 Å². The lowest BCUT2D eigenvalue weighted by Crippen LogP contribution is -2.25. The molecule has 38 heavy (non-hydrogen) atoms. The van der Waals surface area contributed by atoms with Gasteiger partial charge in [0, 0.05) is 56.2 Å². The third kappa shape index (κ3) is 5.61. The topological polar surface area (TPSA) is 112 Å². The van der Waals surface area contributed by atoms with Crippen molar-refractivity contribution in [3.8, 4) is 16.9 Å². The SMILES string of the molecule is CC(C)Oc1cc(CNc2ncccc2C(=O)N(C)C)cc(-c2c[nH]c3ncc(C(=O)NC4CC4)cc23)c1. The number of fused-ring (bicyclic) bond motifs is 1. The first-order valence-electron chi connectivity index (χ1n) is 12.8. The van der Waals surface area contributed by atoms with Gasteiger partial charge in [0.25, 0.3) is 11.8 Å². The normalized spacial score (nSPS) is 13.0. The fraction of sp³-hybridized carbons (Fsp3) is 0.310. The molecular weight excluding hydrogens is 480 g/mol. The number of rotatable bonds is 9. The Morgan fingerprint density at radius 2 is 1.97 bits per heavy atom. The Morgan fingerprint density at radius 1 is 1.16 bits per heavy atom. The third-order valence-electron chi connectivity index (χ3n) is 6.26. The van der Waals surface area contributed by atoms with Gasteiger partial charge < -0.3 is 25.3 Å². The number of carbonyl (C=O) groups excluding carboxylic acids is 2. The number of hydrogen-bond acceptors (Lipinski definition) is 6. The summed E-state index contributed by atoms with van der Waals surface area (Å²) in [4.78, 5) is 38.9. The molecule has 1 aliphatic rings. The van der Waals surface area contributed by atoms with Crippen LogP contribution in [0.15, 0.2) is 55.0 Å². The number of ether oxygens (including phenoxy) is 1. The van der Waals surface area contributed by atoms with Crippen LogP contribution in [-0.4, -0.2) is 57.9 Å². The molecule has 0 unspecified atom stereocenters. The fourth-order valence-electron chi connectivity index (χ4n) is 4.27. The Bertz CT molecular complexity index is 1490. The van der Waals surface area contributed by atoms with E-state index in [-0.39, 0.29) is 24.0 Å². The van der Waals surface area contributed by atoms with Gasteiger partial charge in [0.2, 0.25) is 0 Å². The lowest BCUT2D eigenvalue weighted by atomic mass is 10.0. The third-order valence-corrected chi connectivity index (χ3v) is 6.26. The van der Waals surface area contributed by atoms with Gasteiger partial charge in [0.15, 0.2) is 0 Å². The zero-order valence-electron chi connectivity index (χ0n) is 22.0. The molecule has 3 aromatic heterocycles. The van der Waals surface area contributed by atoms with E-state index in [0.717, 1.165) is 40.7 Å². The van der Waals surface area contributed by atoms with Crippen LogP contribution in [-0.2, 0) is 6.54 Å². The second kappa shape index (κ2) is 10.5. The first-order chi connectivity index (χ1) is 18.3. The van der Waals surface area contributed by atoms with Gasteiger partial charge in [-0.05, 0) is 74.2 Å². The van der Waals surface area contributed by atoms with Crippen molar-refractivity contribution in [2.45, 2.75) is 45.4 Å². The average molecular weight is 513 g/mol. The Hall–Kier alpha value is -4.40. The maximum atomic E-state index is 12.7. The van der Waals surface area contributed by atoms with Gasteiger partial charge in [0.1, 0.15) is 17.2 Å². The van der Waals surface area contributed by atoms with Crippen LogP contribution in [0, 0.1) is 0 Å². The molecule has 1 fully saturated rings. The van der Waals surface area contributed by atoms with Gasteiger partial charge in [-0.1, -0.05) is 0 Å². The molecule has 5 rings (SSSR count). The molecule has 0 radical (unpaired) electrons. The average Bonchev–Trinajstić information content (AvgIpc) is 3.61. The molecule has 9 heteroatoms. The van der Waals surface area contributed by atoms with Crippen molar-refractivity contribution in [2.24, 2.45) is 0 Å². The lowest BCUT2D eigenvalue weighted by molar-refractivity contribution is 0.0827. The maximum Gasteiger partial charge on any atom is 0.257 e. The molecule has 9 nitrogen and oxygen atoms in total. The van der Waals surface area contributed by atoms with Crippen LogP contribution >= 0.6 is 0 Å². The van der Waals surface area contributed by atoms with E-state index in [0.29, 0.717) is 29.1 Å². The molecule has 3 N–H and O–H groups in total. The molecule has 2 amide bonds. The lowest BCUT2D eigenvalue weighted by Gasteiger charge is -2.16. The molecule has 0 atom stereocenters. The fourth-order valence-corrected chi connectivity index (χ4v) is 4.27. The van der Waals surface area contributed by atoms with E-state index in [9.17, 15) is 9.59 Å². The summed E-state index contributed by atoms with van der Waals surface area (Å²) in [5.74, 6) is 1.02. The second-order valence-corrected chi connectivity index (χ2v) is 10.1. The van der Waals surface area contributed by atoms with Gasteiger partial charge in [-0.25, -0.2) is 9.97 Å². The van der Waals surface area contributed by atoms with Crippen molar-refractivity contribution in [1.82, 2.24) is 25.2 Å². The molecule has 196 valence electrons. The van der Waals surface area contributed by atoms with Crippen molar-refractivity contribution in [3.05, 3.63) is 71.7 Å². The summed E-state index contributed by atoms with van der Waals surface area (Å²) in [6.45, 7) is 4.40. The number of amides is 2. The van der Waals surface area contributed by atoms with Crippen LogP contribution in [0.2, 0.25) is 0 Å². The minimum absolute atomic E-state index is 0.00600. The van der Waals surface area contributed by atoms with E-state index >= 15 is 0 Å². The predicted molar refractivity (Wildman–Crippen MR) is 147 cm³/mol. The maximum absolute atomic E-state index is 12.7. The number of hydrogen-bond donors (Lipinski definition) is 3. The molecule has 1 aromatic carbocycles. The molecule has 0 bridgehead atoms. The zero-order valence-corrected chi connectivity index (χ0v) is 22.0. The van der Waals surface area contributed by atoms with Crippen LogP contribution in [0.3, 0.4) is 0 Å². The van der Waals surface area contributed by atoms with E-state index in [1.165, 1.54) is 4.90 Å². The van der Waals surface area contributed by atoms with Crippen LogP contribution in [0.5, 0.6) is 5.75 Å². The number of nitrogens with zero attached hydrogens (tertiary/aromatic N) is 3.